The summed E-state index contributed by atoms with van der Waals surface area (Å²) in [7, 11) is -2.67. The number of hydrogen-bond acceptors (Lipinski definition) is 5. The number of ether oxygens (including phenoxy) is 1. The van der Waals surface area contributed by atoms with E-state index in [1.807, 2.05) is 30.4 Å². The number of hydrogen-bond donors (Lipinski definition) is 0. The van der Waals surface area contributed by atoms with Gasteiger partial charge in [0.05, 0.1) is 22.8 Å². The minimum absolute atomic E-state index is 0.0589. The van der Waals surface area contributed by atoms with Crippen LogP contribution in [0, 0.1) is 0 Å². The molecule has 0 aliphatic rings. The Hall–Kier alpha value is -2.54. The summed E-state index contributed by atoms with van der Waals surface area (Å²) >= 11 is 11.7. The first kappa shape index (κ1) is 20.2. The molecule has 0 fully saturated rings. The largest absolute Gasteiger partial charge is 0.493 e. The van der Waals surface area contributed by atoms with Gasteiger partial charge in [-0.25, -0.2) is 0 Å². The van der Waals surface area contributed by atoms with Gasteiger partial charge in [0.1, 0.15) is 4.90 Å². The van der Waals surface area contributed by atoms with Gasteiger partial charge in [-0.15, -0.1) is 0 Å². The monoisotopic (exact) mass is 435 g/mol. The van der Waals surface area contributed by atoms with Crippen LogP contribution in [0.2, 0.25) is 10.0 Å². The smallest absolute Gasteiger partial charge is 0.339 e. The van der Waals surface area contributed by atoms with Crippen molar-refractivity contribution in [2.24, 2.45) is 0 Å². The number of benzene rings is 2. The van der Waals surface area contributed by atoms with Crippen molar-refractivity contribution in [2.75, 3.05) is 7.11 Å². The Morgan fingerprint density at radius 1 is 0.929 bits per heavy atom. The van der Waals surface area contributed by atoms with Crippen LogP contribution in [0.4, 0.5) is 0 Å². The summed E-state index contributed by atoms with van der Waals surface area (Å²) in [6, 6.07) is 14.4. The zero-order valence-electron chi connectivity index (χ0n) is 14.7. The molecule has 0 spiro atoms. The van der Waals surface area contributed by atoms with Crippen LogP contribution < -0.4 is 8.92 Å². The summed E-state index contributed by atoms with van der Waals surface area (Å²) in [5.41, 5.74) is 1.59. The average molecular weight is 436 g/mol. The summed E-state index contributed by atoms with van der Waals surface area (Å²) in [5.74, 6) is 0.329. The lowest BCUT2D eigenvalue weighted by molar-refractivity contribution is 0.390. The van der Waals surface area contributed by atoms with Gasteiger partial charge in [0.2, 0.25) is 0 Å². The molecule has 0 atom stereocenters. The van der Waals surface area contributed by atoms with Gasteiger partial charge in [0.15, 0.2) is 11.5 Å². The van der Waals surface area contributed by atoms with Gasteiger partial charge in [-0.3, -0.25) is 4.98 Å². The van der Waals surface area contributed by atoms with Gasteiger partial charge in [-0.1, -0.05) is 41.4 Å². The Balaban J connectivity index is 1.86. The molecule has 8 heteroatoms. The highest BCUT2D eigenvalue weighted by molar-refractivity contribution is 7.87. The lowest BCUT2D eigenvalue weighted by Crippen LogP contribution is -2.10. The number of pyridine rings is 1. The first-order chi connectivity index (χ1) is 13.4. The number of rotatable bonds is 6. The molecule has 28 heavy (non-hydrogen) atoms. The van der Waals surface area contributed by atoms with Gasteiger partial charge in [0.25, 0.3) is 0 Å². The minimum Gasteiger partial charge on any atom is -0.493 e. The number of aromatic nitrogens is 1. The van der Waals surface area contributed by atoms with Crippen LogP contribution in [0.1, 0.15) is 11.3 Å². The van der Waals surface area contributed by atoms with E-state index in [1.54, 1.807) is 18.3 Å². The van der Waals surface area contributed by atoms with E-state index in [9.17, 15) is 8.42 Å². The number of halogens is 2. The maximum atomic E-state index is 12.5. The second-order valence-corrected chi connectivity index (χ2v) is 7.97. The van der Waals surface area contributed by atoms with Gasteiger partial charge in [-0.05, 0) is 54.1 Å². The van der Waals surface area contributed by atoms with Gasteiger partial charge >= 0.3 is 10.1 Å². The van der Waals surface area contributed by atoms with E-state index in [-0.39, 0.29) is 26.4 Å². The zero-order valence-corrected chi connectivity index (χ0v) is 17.0. The second-order valence-electron chi connectivity index (χ2n) is 5.61. The Bertz CT molecular complexity index is 1120. The molecule has 3 rings (SSSR count). The SMILES string of the molecule is COc1cc(/C=C/c2ccccn2)ccc1OS(=O)(=O)c1ccc(Cl)c(Cl)c1. The normalized spacial score (nSPS) is 11.5. The summed E-state index contributed by atoms with van der Waals surface area (Å²) in [5, 5.41) is 0.371. The topological polar surface area (TPSA) is 65.5 Å². The fourth-order valence-electron chi connectivity index (χ4n) is 2.31. The summed E-state index contributed by atoms with van der Waals surface area (Å²) in [4.78, 5) is 4.10. The van der Waals surface area contributed by atoms with E-state index in [4.69, 9.17) is 32.1 Å². The molecule has 0 saturated heterocycles. The molecular formula is C20H15Cl2NO4S. The number of methoxy groups -OCH3 is 1. The predicted molar refractivity (Wildman–Crippen MR) is 110 cm³/mol. The van der Waals surface area contributed by atoms with Crippen molar-refractivity contribution < 1.29 is 17.3 Å². The minimum atomic E-state index is -4.10. The van der Waals surface area contributed by atoms with Crippen molar-refractivity contribution in [3.63, 3.8) is 0 Å². The fraction of sp³-hybridized carbons (Fsp3) is 0.0500. The second kappa shape index (κ2) is 8.65. The molecule has 5 nitrogen and oxygen atoms in total. The van der Waals surface area contributed by atoms with Gasteiger partial charge in [0, 0.05) is 6.20 Å². The molecule has 2 aromatic carbocycles. The highest BCUT2D eigenvalue weighted by Crippen LogP contribution is 2.32. The molecule has 0 unspecified atom stereocenters. The molecule has 0 radical (unpaired) electrons. The molecule has 0 saturated carbocycles. The molecule has 0 aliphatic carbocycles. The van der Waals surface area contributed by atoms with Crippen LogP contribution in [-0.2, 0) is 10.1 Å². The summed E-state index contributed by atoms with van der Waals surface area (Å²) in [6.07, 6.45) is 5.37. The molecule has 0 bridgehead atoms. The Morgan fingerprint density at radius 2 is 1.75 bits per heavy atom. The Kier molecular flexibility index (Phi) is 6.24. The third-order valence-electron chi connectivity index (χ3n) is 3.70. The maximum Gasteiger partial charge on any atom is 0.339 e. The highest BCUT2D eigenvalue weighted by Gasteiger charge is 2.20. The van der Waals surface area contributed by atoms with Crippen molar-refractivity contribution in [3.05, 3.63) is 82.1 Å². The molecule has 1 heterocycles. The molecular weight excluding hydrogens is 421 g/mol. The first-order valence-corrected chi connectivity index (χ1v) is 10.2. The van der Waals surface area contributed by atoms with E-state index >= 15 is 0 Å². The maximum absolute atomic E-state index is 12.5. The van der Waals surface area contributed by atoms with Crippen molar-refractivity contribution in [1.29, 1.82) is 0 Å². The molecule has 1 aromatic heterocycles. The highest BCUT2D eigenvalue weighted by atomic mass is 35.5. The van der Waals surface area contributed by atoms with Crippen molar-refractivity contribution in [2.45, 2.75) is 4.90 Å². The lowest BCUT2D eigenvalue weighted by Gasteiger charge is -2.12. The predicted octanol–water partition coefficient (Wildman–Crippen LogP) is 5.34. The van der Waals surface area contributed by atoms with Crippen LogP contribution >= 0.6 is 23.2 Å². The lowest BCUT2D eigenvalue weighted by atomic mass is 10.1. The molecule has 3 aromatic rings. The first-order valence-electron chi connectivity index (χ1n) is 8.06. The Labute approximate surface area is 173 Å². The average Bonchev–Trinajstić information content (AvgIpc) is 2.69. The Morgan fingerprint density at radius 3 is 2.43 bits per heavy atom. The molecule has 0 aliphatic heterocycles. The summed E-state index contributed by atoms with van der Waals surface area (Å²) in [6.45, 7) is 0. The van der Waals surface area contributed by atoms with Crippen LogP contribution in [0.15, 0.2) is 65.7 Å². The van der Waals surface area contributed by atoms with Gasteiger partial charge in [-0.2, -0.15) is 8.42 Å². The van der Waals surface area contributed by atoms with Crippen molar-refractivity contribution in [3.8, 4) is 11.5 Å². The van der Waals surface area contributed by atoms with Crippen LogP contribution in [0.3, 0.4) is 0 Å². The van der Waals surface area contributed by atoms with Gasteiger partial charge < -0.3 is 8.92 Å². The molecule has 0 N–H and O–H groups in total. The van der Waals surface area contributed by atoms with E-state index in [1.165, 1.54) is 31.4 Å². The third-order valence-corrected chi connectivity index (χ3v) is 5.67. The van der Waals surface area contributed by atoms with Crippen LogP contribution in [0.5, 0.6) is 11.5 Å². The van der Waals surface area contributed by atoms with Crippen molar-refractivity contribution >= 4 is 45.5 Å². The summed E-state index contributed by atoms with van der Waals surface area (Å²) < 4.78 is 35.6. The quantitative estimate of drug-likeness (QED) is 0.489. The zero-order chi connectivity index (χ0) is 20.1. The molecule has 0 amide bonds. The van der Waals surface area contributed by atoms with E-state index < -0.39 is 10.1 Å². The van der Waals surface area contributed by atoms with E-state index in [0.717, 1.165) is 11.3 Å². The fourth-order valence-corrected chi connectivity index (χ4v) is 3.64. The van der Waals surface area contributed by atoms with Crippen molar-refractivity contribution in [1.82, 2.24) is 4.98 Å². The molecule has 144 valence electrons. The van der Waals surface area contributed by atoms with E-state index in [0.29, 0.717) is 0 Å². The number of nitrogens with zero attached hydrogens (tertiary/aromatic N) is 1. The standard InChI is InChI=1S/C20H15Cl2NO4S/c1-26-20-12-14(5-7-15-4-2-3-11-23-15)6-10-19(20)27-28(24,25)16-8-9-17(21)18(22)13-16/h2-13H,1H3/b7-5+. The van der Waals surface area contributed by atoms with Crippen LogP contribution in [-0.4, -0.2) is 20.5 Å². The van der Waals surface area contributed by atoms with E-state index in [2.05, 4.69) is 4.98 Å². The van der Waals surface area contributed by atoms with Crippen LogP contribution in [0.25, 0.3) is 12.2 Å². The third kappa shape index (κ3) is 4.84.